The van der Waals surface area contributed by atoms with Crippen LogP contribution in [-0.4, -0.2) is 16.8 Å². The normalized spacial score (nSPS) is 10.2. The van der Waals surface area contributed by atoms with E-state index in [9.17, 15) is 0 Å². The molecule has 0 saturated heterocycles. The maximum absolute atomic E-state index is 8.67. The molecule has 0 aliphatic rings. The Morgan fingerprint density at radius 3 is 3.00 bits per heavy atom. The zero-order valence-corrected chi connectivity index (χ0v) is 7.07. The average Bonchev–Trinajstić information content (AvgIpc) is 2.18. The summed E-state index contributed by atoms with van der Waals surface area (Å²) in [5.41, 5.74) is 0.918. The van der Waals surface area contributed by atoms with Gasteiger partial charge in [0.1, 0.15) is 6.73 Å². The molecule has 3 heteroatoms. The minimum atomic E-state index is -0.0450. The first-order valence-electron chi connectivity index (χ1n) is 4.08. The molecule has 0 amide bonds. The maximum atomic E-state index is 8.67. The number of benzene rings is 1. The van der Waals surface area contributed by atoms with Gasteiger partial charge in [0.15, 0.2) is 0 Å². The fourth-order valence-corrected chi connectivity index (χ4v) is 1.28. The molecule has 0 saturated carbocycles. The molecule has 3 nitrogen and oxygen atoms in total. The highest BCUT2D eigenvalue weighted by atomic mass is 16.3. The third kappa shape index (κ3) is 1.60. The molecule has 13 heavy (non-hydrogen) atoms. The van der Waals surface area contributed by atoms with Crippen molar-refractivity contribution in [3.63, 3.8) is 0 Å². The van der Waals surface area contributed by atoms with Gasteiger partial charge >= 0.3 is 0 Å². The SMILES string of the molecule is OCNc1ccc2cnccc2c1. The van der Waals surface area contributed by atoms with Crippen LogP contribution < -0.4 is 5.32 Å². The number of fused-ring (bicyclic) bond motifs is 1. The molecule has 1 aromatic heterocycles. The molecule has 0 aliphatic carbocycles. The van der Waals surface area contributed by atoms with Gasteiger partial charge in [-0.05, 0) is 23.6 Å². The topological polar surface area (TPSA) is 45.1 Å². The van der Waals surface area contributed by atoms with Crippen LogP contribution in [0.5, 0.6) is 0 Å². The van der Waals surface area contributed by atoms with Crippen LogP contribution in [0, 0.1) is 0 Å². The standard InChI is InChI=1S/C10H10N2O/c13-7-12-10-2-1-9-6-11-4-3-8(9)5-10/h1-6,12-13H,7H2. The molecular formula is C10H10N2O. The number of aliphatic hydroxyl groups excluding tert-OH is 1. The van der Waals surface area contributed by atoms with E-state index < -0.39 is 0 Å². The first kappa shape index (κ1) is 8.01. The molecule has 0 aliphatic heterocycles. The number of nitrogens with one attached hydrogen (secondary N) is 1. The van der Waals surface area contributed by atoms with E-state index in [1.54, 1.807) is 6.20 Å². The first-order chi connectivity index (χ1) is 6.40. The minimum Gasteiger partial charge on any atom is -0.377 e. The molecule has 2 N–H and O–H groups in total. The van der Waals surface area contributed by atoms with Crippen molar-refractivity contribution in [3.05, 3.63) is 36.7 Å². The number of hydrogen-bond donors (Lipinski definition) is 2. The second-order valence-corrected chi connectivity index (χ2v) is 2.77. The van der Waals surface area contributed by atoms with Crippen LogP contribution in [0.4, 0.5) is 5.69 Å². The lowest BCUT2D eigenvalue weighted by Crippen LogP contribution is -1.98. The Morgan fingerprint density at radius 2 is 2.15 bits per heavy atom. The van der Waals surface area contributed by atoms with E-state index in [0.717, 1.165) is 16.5 Å². The molecule has 0 atom stereocenters. The Balaban J connectivity index is 2.49. The van der Waals surface area contributed by atoms with E-state index in [-0.39, 0.29) is 6.73 Å². The molecule has 1 heterocycles. The van der Waals surface area contributed by atoms with Gasteiger partial charge in [-0.15, -0.1) is 0 Å². The van der Waals surface area contributed by atoms with Crippen LogP contribution in [0.15, 0.2) is 36.7 Å². The van der Waals surface area contributed by atoms with Crippen LogP contribution in [0.3, 0.4) is 0 Å². The summed E-state index contributed by atoms with van der Waals surface area (Å²) in [6.45, 7) is -0.0450. The van der Waals surface area contributed by atoms with Crippen LogP contribution in [0.25, 0.3) is 10.8 Å². The smallest absolute Gasteiger partial charge is 0.113 e. The lowest BCUT2D eigenvalue weighted by atomic mass is 10.1. The van der Waals surface area contributed by atoms with Crippen LogP contribution in [0.2, 0.25) is 0 Å². The Kier molecular flexibility index (Phi) is 2.10. The van der Waals surface area contributed by atoms with E-state index in [4.69, 9.17) is 5.11 Å². The molecule has 66 valence electrons. The fourth-order valence-electron chi connectivity index (χ4n) is 1.28. The Morgan fingerprint density at radius 1 is 1.23 bits per heavy atom. The maximum Gasteiger partial charge on any atom is 0.113 e. The van der Waals surface area contributed by atoms with Crippen molar-refractivity contribution in [2.45, 2.75) is 0 Å². The van der Waals surface area contributed by atoms with Crippen LogP contribution >= 0.6 is 0 Å². The van der Waals surface area contributed by atoms with E-state index in [0.29, 0.717) is 0 Å². The number of aromatic nitrogens is 1. The van der Waals surface area contributed by atoms with E-state index in [2.05, 4.69) is 10.3 Å². The number of anilines is 1. The largest absolute Gasteiger partial charge is 0.377 e. The lowest BCUT2D eigenvalue weighted by molar-refractivity contribution is 0.326. The number of aliphatic hydroxyl groups is 1. The van der Waals surface area contributed by atoms with Gasteiger partial charge in [-0.25, -0.2) is 0 Å². The van der Waals surface area contributed by atoms with E-state index in [1.165, 1.54) is 0 Å². The van der Waals surface area contributed by atoms with Gasteiger partial charge in [-0.2, -0.15) is 0 Å². The molecule has 0 radical (unpaired) electrons. The molecule has 2 aromatic rings. The summed E-state index contributed by atoms with van der Waals surface area (Å²) in [7, 11) is 0. The van der Waals surface area contributed by atoms with Gasteiger partial charge in [0.25, 0.3) is 0 Å². The van der Waals surface area contributed by atoms with Crippen molar-refractivity contribution in [2.24, 2.45) is 0 Å². The average molecular weight is 174 g/mol. The Hall–Kier alpha value is -1.61. The van der Waals surface area contributed by atoms with E-state index >= 15 is 0 Å². The number of nitrogens with zero attached hydrogens (tertiary/aromatic N) is 1. The summed E-state index contributed by atoms with van der Waals surface area (Å²) in [5.74, 6) is 0. The van der Waals surface area contributed by atoms with E-state index in [1.807, 2.05) is 30.5 Å². The zero-order chi connectivity index (χ0) is 9.10. The predicted molar refractivity (Wildman–Crippen MR) is 52.5 cm³/mol. The van der Waals surface area contributed by atoms with Crippen molar-refractivity contribution < 1.29 is 5.11 Å². The molecular weight excluding hydrogens is 164 g/mol. The zero-order valence-electron chi connectivity index (χ0n) is 7.07. The summed E-state index contributed by atoms with van der Waals surface area (Å²) >= 11 is 0. The van der Waals surface area contributed by atoms with Crippen molar-refractivity contribution in [1.82, 2.24) is 4.98 Å². The third-order valence-corrected chi connectivity index (χ3v) is 1.92. The molecule has 0 bridgehead atoms. The predicted octanol–water partition coefficient (Wildman–Crippen LogP) is 1.60. The van der Waals surface area contributed by atoms with Gasteiger partial charge in [0, 0.05) is 23.5 Å². The summed E-state index contributed by atoms with van der Waals surface area (Å²) in [5, 5.41) is 13.7. The highest BCUT2D eigenvalue weighted by Gasteiger charge is 1.93. The summed E-state index contributed by atoms with van der Waals surface area (Å²) in [6.07, 6.45) is 3.57. The summed E-state index contributed by atoms with van der Waals surface area (Å²) in [4.78, 5) is 4.02. The Labute approximate surface area is 76.0 Å². The van der Waals surface area contributed by atoms with Gasteiger partial charge in [0.2, 0.25) is 0 Å². The Bertz CT molecular complexity index is 414. The molecule has 2 rings (SSSR count). The minimum absolute atomic E-state index is 0.0450. The van der Waals surface area contributed by atoms with Crippen molar-refractivity contribution in [2.75, 3.05) is 12.0 Å². The van der Waals surface area contributed by atoms with Gasteiger partial charge in [0.05, 0.1) is 0 Å². The molecule has 0 fully saturated rings. The van der Waals surface area contributed by atoms with Crippen molar-refractivity contribution in [3.8, 4) is 0 Å². The van der Waals surface area contributed by atoms with Crippen LogP contribution in [-0.2, 0) is 0 Å². The number of hydrogen-bond acceptors (Lipinski definition) is 3. The van der Waals surface area contributed by atoms with Gasteiger partial charge in [-0.1, -0.05) is 6.07 Å². The summed E-state index contributed by atoms with van der Waals surface area (Å²) < 4.78 is 0. The third-order valence-electron chi connectivity index (χ3n) is 1.92. The summed E-state index contributed by atoms with van der Waals surface area (Å²) in [6, 6.07) is 7.81. The lowest BCUT2D eigenvalue weighted by Gasteiger charge is -2.03. The number of pyridine rings is 1. The second kappa shape index (κ2) is 3.41. The first-order valence-corrected chi connectivity index (χ1v) is 4.08. The fraction of sp³-hybridized carbons (Fsp3) is 0.100. The molecule has 0 spiro atoms. The highest BCUT2D eigenvalue weighted by Crippen LogP contribution is 2.17. The van der Waals surface area contributed by atoms with Crippen LogP contribution in [0.1, 0.15) is 0 Å². The van der Waals surface area contributed by atoms with Crippen molar-refractivity contribution >= 4 is 16.5 Å². The molecule has 0 unspecified atom stereocenters. The van der Waals surface area contributed by atoms with Crippen molar-refractivity contribution in [1.29, 1.82) is 0 Å². The quantitative estimate of drug-likeness (QED) is 0.680. The van der Waals surface area contributed by atoms with Gasteiger partial charge in [-0.3, -0.25) is 4.98 Å². The second-order valence-electron chi connectivity index (χ2n) is 2.77. The monoisotopic (exact) mass is 174 g/mol. The highest BCUT2D eigenvalue weighted by molar-refractivity contribution is 5.84. The molecule has 1 aromatic carbocycles. The van der Waals surface area contributed by atoms with Gasteiger partial charge < -0.3 is 10.4 Å². The number of rotatable bonds is 2.